The Morgan fingerprint density at radius 2 is 2.00 bits per heavy atom. The van der Waals surface area contributed by atoms with E-state index < -0.39 is 0 Å². The number of pyridine rings is 1. The second kappa shape index (κ2) is 6.40. The summed E-state index contributed by atoms with van der Waals surface area (Å²) < 4.78 is 15.6. The molecule has 124 valence electrons. The number of amides is 1. The molecule has 3 heterocycles. The number of nitrogens with zero attached hydrogens (tertiary/aromatic N) is 4. The Kier molecular flexibility index (Phi) is 3.95. The Labute approximate surface area is 146 Å². The number of carbonyl (C=O) groups excluding carboxylic acids is 1. The van der Waals surface area contributed by atoms with Gasteiger partial charge in [0.15, 0.2) is 11.5 Å². The van der Waals surface area contributed by atoms with E-state index in [0.717, 1.165) is 0 Å². The molecule has 6 nitrogen and oxygen atoms in total. The maximum atomic E-state index is 13.8. The van der Waals surface area contributed by atoms with Gasteiger partial charge in [-0.15, -0.1) is 21.5 Å². The Morgan fingerprint density at radius 1 is 1.16 bits per heavy atom. The summed E-state index contributed by atoms with van der Waals surface area (Å²) in [5, 5.41) is 12.9. The third-order valence-corrected chi connectivity index (χ3v) is 4.51. The van der Waals surface area contributed by atoms with Gasteiger partial charge in [-0.1, -0.05) is 18.2 Å². The van der Waals surface area contributed by atoms with E-state index in [0.29, 0.717) is 22.0 Å². The Morgan fingerprint density at radius 3 is 2.88 bits per heavy atom. The molecule has 4 aromatic rings. The summed E-state index contributed by atoms with van der Waals surface area (Å²) in [5.74, 6) is -0.0845. The molecule has 0 saturated heterocycles. The van der Waals surface area contributed by atoms with Crippen LogP contribution in [0.15, 0.2) is 54.0 Å². The third-order valence-electron chi connectivity index (χ3n) is 3.63. The lowest BCUT2D eigenvalue weighted by Gasteiger charge is -2.02. The zero-order chi connectivity index (χ0) is 17.2. The van der Waals surface area contributed by atoms with Crippen molar-refractivity contribution in [2.75, 3.05) is 0 Å². The van der Waals surface area contributed by atoms with Crippen LogP contribution in [0.25, 0.3) is 16.2 Å². The average molecular weight is 353 g/mol. The Hall–Kier alpha value is -3.13. The van der Waals surface area contributed by atoms with Crippen LogP contribution in [0.4, 0.5) is 4.39 Å². The van der Waals surface area contributed by atoms with Crippen molar-refractivity contribution in [1.82, 2.24) is 24.9 Å². The van der Waals surface area contributed by atoms with Gasteiger partial charge in [-0.3, -0.25) is 9.20 Å². The molecule has 0 unspecified atom stereocenters. The fraction of sp³-hybridized carbons (Fsp3) is 0.0588. The van der Waals surface area contributed by atoms with Gasteiger partial charge >= 0.3 is 0 Å². The number of fused-ring (bicyclic) bond motifs is 1. The van der Waals surface area contributed by atoms with Crippen LogP contribution < -0.4 is 5.32 Å². The predicted molar refractivity (Wildman–Crippen MR) is 91.7 cm³/mol. The van der Waals surface area contributed by atoms with Crippen molar-refractivity contribution in [3.63, 3.8) is 0 Å². The van der Waals surface area contributed by atoms with Gasteiger partial charge in [0, 0.05) is 17.1 Å². The maximum Gasteiger partial charge on any atom is 0.271 e. The molecule has 25 heavy (non-hydrogen) atoms. The molecule has 1 N–H and O–H groups in total. The number of aromatic nitrogens is 4. The van der Waals surface area contributed by atoms with Gasteiger partial charge in [0.05, 0.1) is 6.54 Å². The SMILES string of the molecule is O=C(NCc1nnc2ccccn12)c1csc(-c2ccccc2F)n1. The lowest BCUT2D eigenvalue weighted by Crippen LogP contribution is -2.24. The quantitative estimate of drug-likeness (QED) is 0.612. The largest absolute Gasteiger partial charge is 0.343 e. The smallest absolute Gasteiger partial charge is 0.271 e. The first-order chi connectivity index (χ1) is 12.2. The molecule has 0 saturated carbocycles. The van der Waals surface area contributed by atoms with Crippen LogP contribution in [-0.4, -0.2) is 25.5 Å². The summed E-state index contributed by atoms with van der Waals surface area (Å²) in [6.07, 6.45) is 1.83. The number of halogens is 1. The molecule has 0 spiro atoms. The fourth-order valence-corrected chi connectivity index (χ4v) is 3.22. The zero-order valence-corrected chi connectivity index (χ0v) is 13.7. The van der Waals surface area contributed by atoms with Crippen molar-refractivity contribution in [2.45, 2.75) is 6.54 Å². The number of hydrogen-bond donors (Lipinski definition) is 1. The van der Waals surface area contributed by atoms with E-state index >= 15 is 0 Å². The molecule has 1 amide bonds. The molecular formula is C17H12FN5OS. The zero-order valence-electron chi connectivity index (χ0n) is 12.9. The lowest BCUT2D eigenvalue weighted by molar-refractivity contribution is 0.0945. The van der Waals surface area contributed by atoms with Gasteiger partial charge in [-0.2, -0.15) is 0 Å². The predicted octanol–water partition coefficient (Wildman–Crippen LogP) is 2.92. The van der Waals surface area contributed by atoms with E-state index in [-0.39, 0.29) is 24.0 Å². The van der Waals surface area contributed by atoms with Gasteiger partial charge in [0.2, 0.25) is 0 Å². The van der Waals surface area contributed by atoms with Crippen molar-refractivity contribution in [3.05, 3.63) is 71.4 Å². The topological polar surface area (TPSA) is 72.2 Å². The van der Waals surface area contributed by atoms with E-state index in [1.54, 1.807) is 28.0 Å². The van der Waals surface area contributed by atoms with Crippen LogP contribution in [0.2, 0.25) is 0 Å². The van der Waals surface area contributed by atoms with Crippen LogP contribution in [0.3, 0.4) is 0 Å². The number of thiazole rings is 1. The highest BCUT2D eigenvalue weighted by Gasteiger charge is 2.14. The van der Waals surface area contributed by atoms with E-state index in [1.807, 2.05) is 24.4 Å². The fourth-order valence-electron chi connectivity index (χ4n) is 2.40. The van der Waals surface area contributed by atoms with Crippen LogP contribution in [-0.2, 0) is 6.54 Å². The summed E-state index contributed by atoms with van der Waals surface area (Å²) >= 11 is 1.23. The minimum absolute atomic E-state index is 0.219. The highest BCUT2D eigenvalue weighted by molar-refractivity contribution is 7.13. The number of carbonyl (C=O) groups is 1. The number of benzene rings is 1. The summed E-state index contributed by atoms with van der Waals surface area (Å²) in [6, 6.07) is 11.9. The number of rotatable bonds is 4. The normalized spacial score (nSPS) is 10.9. The monoisotopic (exact) mass is 353 g/mol. The van der Waals surface area contributed by atoms with E-state index in [2.05, 4.69) is 20.5 Å². The minimum Gasteiger partial charge on any atom is -0.343 e. The molecule has 8 heteroatoms. The second-order valence-electron chi connectivity index (χ2n) is 5.25. The van der Waals surface area contributed by atoms with E-state index in [4.69, 9.17) is 0 Å². The second-order valence-corrected chi connectivity index (χ2v) is 6.10. The molecule has 0 bridgehead atoms. The van der Waals surface area contributed by atoms with Crippen molar-refractivity contribution in [2.24, 2.45) is 0 Å². The molecule has 1 aromatic carbocycles. The molecule has 0 aliphatic carbocycles. The number of hydrogen-bond acceptors (Lipinski definition) is 5. The van der Waals surface area contributed by atoms with E-state index in [9.17, 15) is 9.18 Å². The lowest BCUT2D eigenvalue weighted by atomic mass is 10.2. The minimum atomic E-state index is -0.362. The van der Waals surface area contributed by atoms with Gasteiger partial charge < -0.3 is 5.32 Å². The van der Waals surface area contributed by atoms with Crippen molar-refractivity contribution >= 4 is 22.9 Å². The first-order valence-corrected chi connectivity index (χ1v) is 8.37. The summed E-state index contributed by atoms with van der Waals surface area (Å²) in [7, 11) is 0. The van der Waals surface area contributed by atoms with Crippen molar-refractivity contribution < 1.29 is 9.18 Å². The summed E-state index contributed by atoms with van der Waals surface area (Å²) in [6.45, 7) is 0.219. The standard InChI is InChI=1S/C17H12FN5OS/c18-12-6-2-1-5-11(12)17-20-13(10-25-17)16(24)19-9-15-22-21-14-7-3-4-8-23(14)15/h1-8,10H,9H2,(H,19,24). The average Bonchev–Trinajstić information content (AvgIpc) is 3.27. The molecular weight excluding hydrogens is 341 g/mol. The highest BCUT2D eigenvalue weighted by Crippen LogP contribution is 2.26. The first-order valence-electron chi connectivity index (χ1n) is 7.49. The van der Waals surface area contributed by atoms with Crippen molar-refractivity contribution in [3.8, 4) is 10.6 Å². The molecule has 0 aliphatic heterocycles. The first kappa shape index (κ1) is 15.4. The van der Waals surface area contributed by atoms with Crippen LogP contribution >= 0.6 is 11.3 Å². The van der Waals surface area contributed by atoms with Crippen molar-refractivity contribution in [1.29, 1.82) is 0 Å². The van der Waals surface area contributed by atoms with E-state index in [1.165, 1.54) is 17.4 Å². The summed E-state index contributed by atoms with van der Waals surface area (Å²) in [4.78, 5) is 16.5. The maximum absolute atomic E-state index is 13.8. The molecule has 0 aliphatic rings. The molecule has 3 aromatic heterocycles. The summed E-state index contributed by atoms with van der Waals surface area (Å²) in [5.41, 5.74) is 1.34. The van der Waals surface area contributed by atoms with Gasteiger partial charge in [-0.25, -0.2) is 9.37 Å². The van der Waals surface area contributed by atoms with Gasteiger partial charge in [-0.05, 0) is 24.3 Å². The van der Waals surface area contributed by atoms with Gasteiger partial charge in [0.25, 0.3) is 5.91 Å². The highest BCUT2D eigenvalue weighted by atomic mass is 32.1. The number of nitrogens with one attached hydrogen (secondary N) is 1. The van der Waals surface area contributed by atoms with Crippen LogP contribution in [0.5, 0.6) is 0 Å². The molecule has 0 radical (unpaired) electrons. The van der Waals surface area contributed by atoms with Gasteiger partial charge in [0.1, 0.15) is 16.5 Å². The third kappa shape index (κ3) is 2.99. The van der Waals surface area contributed by atoms with Crippen LogP contribution in [0.1, 0.15) is 16.3 Å². The van der Waals surface area contributed by atoms with Crippen LogP contribution in [0, 0.1) is 5.82 Å². The Bertz CT molecular complexity index is 1060. The molecule has 0 atom stereocenters. The molecule has 0 fully saturated rings. The Balaban J connectivity index is 1.50. The molecule has 4 rings (SSSR count).